The highest BCUT2D eigenvalue weighted by atomic mass is 79.9. The molecule has 2 aromatic carbocycles. The van der Waals surface area contributed by atoms with Crippen molar-refractivity contribution in [3.63, 3.8) is 0 Å². The van der Waals surface area contributed by atoms with Crippen molar-refractivity contribution in [1.29, 1.82) is 0 Å². The maximum atomic E-state index is 13.0. The number of allylic oxidation sites excluding steroid dienone is 1. The zero-order valence-electron chi connectivity index (χ0n) is 17.8. The first-order valence-electron chi connectivity index (χ1n) is 10.1. The predicted octanol–water partition coefficient (Wildman–Crippen LogP) is 6.23. The number of anilines is 1. The minimum Gasteiger partial charge on any atom is -0.459 e. The van der Waals surface area contributed by atoms with Gasteiger partial charge in [-0.3, -0.25) is 0 Å². The van der Waals surface area contributed by atoms with Gasteiger partial charge in [-0.1, -0.05) is 69.6 Å². The highest BCUT2D eigenvalue weighted by Crippen LogP contribution is 2.37. The molecule has 0 radical (unpaired) electrons. The maximum absolute atomic E-state index is 13.0. The third-order valence-electron chi connectivity index (χ3n) is 4.90. The lowest BCUT2D eigenvalue weighted by Gasteiger charge is -2.28. The molecule has 9 heteroatoms. The fourth-order valence-corrected chi connectivity index (χ4v) is 4.82. The third kappa shape index (κ3) is 4.87. The molecule has 6 nitrogen and oxygen atoms in total. The van der Waals surface area contributed by atoms with Crippen LogP contribution in [0.4, 0.5) is 5.95 Å². The molecule has 0 fully saturated rings. The quantitative estimate of drug-likeness (QED) is 0.299. The number of rotatable bonds is 6. The molecular formula is C23H22BrClN4O2S. The second-order valence-corrected chi connectivity index (χ2v) is 9.88. The first-order chi connectivity index (χ1) is 15.3. The van der Waals surface area contributed by atoms with Crippen LogP contribution < -0.4 is 5.32 Å². The van der Waals surface area contributed by atoms with Crippen LogP contribution in [-0.2, 0) is 15.3 Å². The summed E-state index contributed by atoms with van der Waals surface area (Å²) in [4.78, 5) is 17.7. The second kappa shape index (κ2) is 9.68. The molecule has 1 aliphatic heterocycles. The summed E-state index contributed by atoms with van der Waals surface area (Å²) >= 11 is 11.3. The topological polar surface area (TPSA) is 69.0 Å². The molecule has 0 bridgehead atoms. The molecule has 0 saturated carbocycles. The highest BCUT2D eigenvalue weighted by Gasteiger charge is 2.35. The van der Waals surface area contributed by atoms with E-state index in [1.165, 1.54) is 11.8 Å². The number of nitrogens with zero attached hydrogens (tertiary/aromatic N) is 3. The van der Waals surface area contributed by atoms with Gasteiger partial charge in [-0.15, -0.1) is 5.10 Å². The number of benzene rings is 2. The van der Waals surface area contributed by atoms with Crippen molar-refractivity contribution in [2.45, 2.75) is 43.8 Å². The highest BCUT2D eigenvalue weighted by molar-refractivity contribution is 9.10. The number of thioether (sulfide) groups is 1. The molecular weight excluding hydrogens is 512 g/mol. The van der Waals surface area contributed by atoms with Crippen molar-refractivity contribution in [2.24, 2.45) is 0 Å². The van der Waals surface area contributed by atoms with Gasteiger partial charge < -0.3 is 10.1 Å². The van der Waals surface area contributed by atoms with Crippen molar-refractivity contribution in [1.82, 2.24) is 14.8 Å². The van der Waals surface area contributed by atoms with E-state index < -0.39 is 6.04 Å². The Labute approximate surface area is 204 Å². The number of carbonyl (C=O) groups excluding carboxylic acids is 1. The third-order valence-corrected chi connectivity index (χ3v) is 6.68. The summed E-state index contributed by atoms with van der Waals surface area (Å²) in [5.74, 6) is 0.850. The molecule has 166 valence electrons. The van der Waals surface area contributed by atoms with Crippen molar-refractivity contribution in [3.8, 4) is 0 Å². The minimum absolute atomic E-state index is 0.229. The largest absolute Gasteiger partial charge is 0.459 e. The average molecular weight is 534 g/mol. The average Bonchev–Trinajstić information content (AvgIpc) is 3.14. The van der Waals surface area contributed by atoms with Crippen LogP contribution in [0, 0.1) is 0 Å². The van der Waals surface area contributed by atoms with E-state index in [2.05, 4.69) is 26.2 Å². The molecule has 1 aliphatic rings. The number of fused-ring (bicyclic) bond motifs is 1. The molecule has 4 rings (SSSR count). The van der Waals surface area contributed by atoms with Gasteiger partial charge in [0, 0.05) is 20.9 Å². The number of aromatic nitrogens is 3. The summed E-state index contributed by atoms with van der Waals surface area (Å²) in [7, 11) is 0. The van der Waals surface area contributed by atoms with E-state index in [0.717, 1.165) is 15.6 Å². The van der Waals surface area contributed by atoms with Gasteiger partial charge in [-0.2, -0.15) is 4.98 Å². The number of hydrogen-bond acceptors (Lipinski definition) is 6. The normalized spacial score (nSPS) is 15.5. The Morgan fingerprint density at radius 2 is 1.97 bits per heavy atom. The van der Waals surface area contributed by atoms with E-state index in [-0.39, 0.29) is 12.1 Å². The molecule has 1 N–H and O–H groups in total. The van der Waals surface area contributed by atoms with Crippen LogP contribution in [0.3, 0.4) is 0 Å². The number of ether oxygens (including phenoxy) is 1. The molecule has 0 amide bonds. The fraction of sp³-hybridized carbons (Fsp3) is 0.261. The zero-order chi connectivity index (χ0) is 22.8. The molecule has 0 spiro atoms. The number of carbonyl (C=O) groups is 1. The zero-order valence-corrected chi connectivity index (χ0v) is 21.0. The summed E-state index contributed by atoms with van der Waals surface area (Å²) < 4.78 is 8.26. The van der Waals surface area contributed by atoms with Crippen molar-refractivity contribution < 1.29 is 9.53 Å². The van der Waals surface area contributed by atoms with E-state index in [0.29, 0.717) is 33.2 Å². The van der Waals surface area contributed by atoms with Crippen LogP contribution in [0.2, 0.25) is 5.02 Å². The molecule has 1 unspecified atom stereocenters. The Morgan fingerprint density at radius 3 is 2.66 bits per heavy atom. The number of esters is 1. The van der Waals surface area contributed by atoms with Gasteiger partial charge in [0.2, 0.25) is 11.1 Å². The van der Waals surface area contributed by atoms with Crippen molar-refractivity contribution in [3.05, 3.63) is 80.4 Å². The van der Waals surface area contributed by atoms with Gasteiger partial charge in [-0.05, 0) is 50.1 Å². The molecule has 3 aromatic rings. The van der Waals surface area contributed by atoms with Crippen LogP contribution >= 0.6 is 39.3 Å². The van der Waals surface area contributed by atoms with E-state index in [1.54, 1.807) is 4.68 Å². The van der Waals surface area contributed by atoms with Crippen molar-refractivity contribution >= 4 is 51.2 Å². The number of hydrogen-bond donors (Lipinski definition) is 1. The Morgan fingerprint density at radius 1 is 1.25 bits per heavy atom. The molecule has 0 saturated heterocycles. The molecule has 1 aromatic heterocycles. The van der Waals surface area contributed by atoms with Crippen LogP contribution in [-0.4, -0.2) is 26.8 Å². The van der Waals surface area contributed by atoms with E-state index in [4.69, 9.17) is 21.4 Å². The smallest absolute Gasteiger partial charge is 0.338 e. The summed E-state index contributed by atoms with van der Waals surface area (Å²) in [6, 6.07) is 15.1. The van der Waals surface area contributed by atoms with Gasteiger partial charge in [-0.25, -0.2) is 9.48 Å². The van der Waals surface area contributed by atoms with E-state index >= 15 is 0 Å². The molecule has 0 aliphatic carbocycles. The molecule has 1 atom stereocenters. The molecule has 32 heavy (non-hydrogen) atoms. The van der Waals surface area contributed by atoms with Gasteiger partial charge in [0.15, 0.2) is 0 Å². The summed E-state index contributed by atoms with van der Waals surface area (Å²) in [6.07, 6.45) is -0.229. The SMILES string of the molecule is CC1=C(C(=O)OC(C)C)C(c2ccc(Br)cc2)n2nc(SCc3ccccc3Cl)nc2N1. The summed E-state index contributed by atoms with van der Waals surface area (Å²) in [5, 5.41) is 9.27. The lowest BCUT2D eigenvalue weighted by Crippen LogP contribution is -2.30. The monoisotopic (exact) mass is 532 g/mol. The molecule has 2 heterocycles. The van der Waals surface area contributed by atoms with Crippen molar-refractivity contribution in [2.75, 3.05) is 5.32 Å². The Kier molecular flexibility index (Phi) is 6.93. The van der Waals surface area contributed by atoms with Crippen LogP contribution in [0.1, 0.15) is 37.9 Å². The van der Waals surface area contributed by atoms with Gasteiger partial charge in [0.1, 0.15) is 6.04 Å². The lowest BCUT2D eigenvalue weighted by molar-refractivity contribution is -0.143. The number of halogens is 2. The standard InChI is InChI=1S/C23H22BrClN4O2S/c1-13(2)31-21(30)19-14(3)26-22-27-23(32-12-16-6-4-5-7-18(16)25)28-29(22)20(19)15-8-10-17(24)11-9-15/h4-11,13,20H,12H2,1-3H3,(H,26,27,28). The van der Waals surface area contributed by atoms with Gasteiger partial charge in [0.25, 0.3) is 0 Å². The predicted molar refractivity (Wildman–Crippen MR) is 131 cm³/mol. The van der Waals surface area contributed by atoms with Gasteiger partial charge in [0.05, 0.1) is 11.7 Å². The second-order valence-electron chi connectivity index (χ2n) is 7.61. The van der Waals surface area contributed by atoms with Gasteiger partial charge >= 0.3 is 5.97 Å². The van der Waals surface area contributed by atoms with Crippen LogP contribution in [0.5, 0.6) is 0 Å². The number of nitrogens with one attached hydrogen (secondary N) is 1. The summed E-state index contributed by atoms with van der Waals surface area (Å²) in [6.45, 7) is 5.53. The maximum Gasteiger partial charge on any atom is 0.338 e. The lowest BCUT2D eigenvalue weighted by atomic mass is 9.96. The van der Waals surface area contributed by atoms with E-state index in [9.17, 15) is 4.79 Å². The summed E-state index contributed by atoms with van der Waals surface area (Å²) in [5.41, 5.74) is 3.14. The Bertz CT molecular complexity index is 1180. The fourth-order valence-electron chi connectivity index (χ4n) is 3.45. The van der Waals surface area contributed by atoms with E-state index in [1.807, 2.05) is 69.3 Å². The first kappa shape index (κ1) is 22.9. The first-order valence-corrected chi connectivity index (χ1v) is 12.3. The minimum atomic E-state index is -0.451. The van der Waals surface area contributed by atoms with Crippen LogP contribution in [0.15, 0.2) is 69.4 Å². The Balaban J connectivity index is 1.70. The van der Waals surface area contributed by atoms with Crippen LogP contribution in [0.25, 0.3) is 0 Å². The Hall–Kier alpha value is -2.29.